The molecule has 1 aromatic carbocycles. The molecule has 2 aliphatic rings. The van der Waals surface area contributed by atoms with Gasteiger partial charge >= 0.3 is 0 Å². The van der Waals surface area contributed by atoms with Gasteiger partial charge in [0.1, 0.15) is 24.4 Å². The van der Waals surface area contributed by atoms with Crippen molar-refractivity contribution in [3.05, 3.63) is 42.0 Å². The highest BCUT2D eigenvalue weighted by Crippen LogP contribution is 2.40. The Labute approximate surface area is 143 Å². The third kappa shape index (κ3) is 3.55. The zero-order valence-corrected chi connectivity index (χ0v) is 14.7. The van der Waals surface area contributed by atoms with Gasteiger partial charge in [0, 0.05) is 0 Å². The van der Waals surface area contributed by atoms with E-state index < -0.39 is 29.9 Å². The first-order valence-corrected chi connectivity index (χ1v) is 8.29. The Morgan fingerprint density at radius 1 is 1.08 bits per heavy atom. The van der Waals surface area contributed by atoms with Crippen molar-refractivity contribution in [1.29, 1.82) is 0 Å². The first kappa shape index (κ1) is 17.6. The number of hydrogen-bond acceptors (Lipinski definition) is 5. The molecule has 0 radical (unpaired) electrons. The van der Waals surface area contributed by atoms with E-state index in [4.69, 9.17) is 18.9 Å². The minimum Gasteiger partial charge on any atom is -0.386 e. The molecule has 1 N–H and O–H groups in total. The molecule has 2 fully saturated rings. The minimum absolute atomic E-state index is 0.283. The lowest BCUT2D eigenvalue weighted by Gasteiger charge is -2.26. The Morgan fingerprint density at radius 2 is 1.75 bits per heavy atom. The predicted octanol–water partition coefficient (Wildman–Crippen LogP) is 3.03. The molecule has 3 rings (SSSR count). The van der Waals surface area contributed by atoms with Crippen LogP contribution in [0.5, 0.6) is 0 Å². The van der Waals surface area contributed by atoms with Gasteiger partial charge in [-0.2, -0.15) is 0 Å². The molecular weight excluding hydrogens is 308 g/mol. The van der Waals surface area contributed by atoms with Crippen molar-refractivity contribution in [2.45, 2.75) is 63.7 Å². The summed E-state index contributed by atoms with van der Waals surface area (Å²) in [5, 5.41) is 10.8. The zero-order valence-electron chi connectivity index (χ0n) is 14.7. The van der Waals surface area contributed by atoms with Crippen molar-refractivity contribution in [1.82, 2.24) is 0 Å². The van der Waals surface area contributed by atoms with Crippen molar-refractivity contribution < 1.29 is 24.1 Å². The van der Waals surface area contributed by atoms with Crippen molar-refractivity contribution in [3.63, 3.8) is 0 Å². The molecule has 5 heteroatoms. The van der Waals surface area contributed by atoms with Crippen LogP contribution in [0, 0.1) is 0 Å². The van der Waals surface area contributed by atoms with Crippen LogP contribution in [-0.2, 0) is 18.9 Å². The maximum atomic E-state index is 10.8. The van der Waals surface area contributed by atoms with Crippen LogP contribution < -0.4 is 0 Å². The lowest BCUT2D eigenvalue weighted by molar-refractivity contribution is -0.175. The van der Waals surface area contributed by atoms with Gasteiger partial charge in [-0.1, -0.05) is 36.9 Å². The maximum absolute atomic E-state index is 10.8. The maximum Gasteiger partial charge on any atom is 0.164 e. The van der Waals surface area contributed by atoms with Gasteiger partial charge < -0.3 is 24.1 Å². The van der Waals surface area contributed by atoms with Crippen molar-refractivity contribution in [2.24, 2.45) is 0 Å². The first-order chi connectivity index (χ1) is 11.2. The molecule has 24 heavy (non-hydrogen) atoms. The molecule has 0 bridgehead atoms. The quantitative estimate of drug-likeness (QED) is 0.917. The summed E-state index contributed by atoms with van der Waals surface area (Å²) in [6.07, 6.45) is -0.270. The molecule has 132 valence electrons. The number of ether oxygens (including phenoxy) is 4. The van der Waals surface area contributed by atoms with Crippen molar-refractivity contribution >= 4 is 6.08 Å². The van der Waals surface area contributed by atoms with Crippen LogP contribution in [0.2, 0.25) is 0 Å². The fraction of sp³-hybridized carbons (Fsp3) is 0.579. The average molecular weight is 334 g/mol. The Morgan fingerprint density at radius 3 is 2.29 bits per heavy atom. The summed E-state index contributed by atoms with van der Waals surface area (Å²) in [6, 6.07) is 7.59. The van der Waals surface area contributed by atoms with Gasteiger partial charge in [-0.25, -0.2) is 0 Å². The summed E-state index contributed by atoms with van der Waals surface area (Å²) in [5.74, 6) is -1.44. The Kier molecular flexibility index (Phi) is 4.57. The van der Waals surface area contributed by atoms with E-state index in [2.05, 4.69) is 6.58 Å². The molecule has 0 unspecified atom stereocenters. The minimum atomic E-state index is -0.817. The zero-order chi connectivity index (χ0) is 17.5. The molecule has 2 heterocycles. The van der Waals surface area contributed by atoms with Crippen LogP contribution >= 0.6 is 0 Å². The van der Waals surface area contributed by atoms with E-state index >= 15 is 0 Å². The molecule has 2 aliphatic heterocycles. The molecule has 0 amide bonds. The van der Waals surface area contributed by atoms with E-state index in [9.17, 15) is 5.11 Å². The van der Waals surface area contributed by atoms with E-state index in [1.54, 1.807) is 6.08 Å². The fourth-order valence-electron chi connectivity index (χ4n) is 3.25. The van der Waals surface area contributed by atoms with Gasteiger partial charge in [0.15, 0.2) is 11.6 Å². The number of aliphatic hydroxyl groups is 1. The monoisotopic (exact) mass is 334 g/mol. The largest absolute Gasteiger partial charge is 0.386 e. The van der Waals surface area contributed by atoms with Crippen molar-refractivity contribution in [3.8, 4) is 0 Å². The molecule has 1 aromatic rings. The molecule has 0 aromatic heterocycles. The number of benzene rings is 1. The van der Waals surface area contributed by atoms with E-state index in [1.807, 2.05) is 52.0 Å². The fourth-order valence-corrected chi connectivity index (χ4v) is 3.25. The molecular formula is C19H26O5. The number of hydrogen-bond donors (Lipinski definition) is 1. The highest BCUT2D eigenvalue weighted by Gasteiger charge is 2.52. The molecule has 5 nitrogen and oxygen atoms in total. The van der Waals surface area contributed by atoms with Crippen LogP contribution in [0.1, 0.15) is 44.9 Å². The second-order valence-corrected chi connectivity index (χ2v) is 7.25. The number of aliphatic hydroxyl groups excluding tert-OH is 1. The Bertz CT molecular complexity index is 592. The Hall–Kier alpha value is -1.24. The third-order valence-electron chi connectivity index (χ3n) is 4.39. The van der Waals surface area contributed by atoms with Gasteiger partial charge in [0.05, 0.1) is 6.61 Å². The van der Waals surface area contributed by atoms with E-state index in [0.29, 0.717) is 6.61 Å². The summed E-state index contributed by atoms with van der Waals surface area (Å²) in [4.78, 5) is 0. The smallest absolute Gasteiger partial charge is 0.164 e. The van der Waals surface area contributed by atoms with Gasteiger partial charge in [-0.15, -0.1) is 0 Å². The van der Waals surface area contributed by atoms with Crippen LogP contribution in [0.15, 0.2) is 30.8 Å². The first-order valence-electron chi connectivity index (χ1n) is 8.29. The molecule has 4 atom stereocenters. The summed E-state index contributed by atoms with van der Waals surface area (Å²) >= 11 is 0. The third-order valence-corrected chi connectivity index (χ3v) is 4.39. The molecule has 2 saturated heterocycles. The predicted molar refractivity (Wildman–Crippen MR) is 90.2 cm³/mol. The van der Waals surface area contributed by atoms with Crippen LogP contribution in [-0.4, -0.2) is 41.6 Å². The normalized spacial score (nSPS) is 32.6. The molecule has 0 saturated carbocycles. The molecule has 0 spiro atoms. The van der Waals surface area contributed by atoms with Gasteiger partial charge in [-0.3, -0.25) is 0 Å². The van der Waals surface area contributed by atoms with Crippen LogP contribution in [0.3, 0.4) is 0 Å². The summed E-state index contributed by atoms with van der Waals surface area (Å²) in [5.41, 5.74) is 1.77. The van der Waals surface area contributed by atoms with Crippen LogP contribution in [0.4, 0.5) is 0 Å². The standard InChI is InChI=1S/C19H26O5/c1-6-12-7-9-13(10-8-12)15(20)17-16(23-19(4,5)24-17)14-11-21-18(2,3)22-14/h6-10,14-17,20H,1,11H2,2-5H3/t14-,15-,16-,17-/m1/s1. The van der Waals surface area contributed by atoms with E-state index in [0.717, 1.165) is 11.1 Å². The SMILES string of the molecule is C=Cc1ccc([C@@H](O)[C@H]2OC(C)(C)O[C@@H]2[C@H]2COC(C)(C)O2)cc1. The molecule has 0 aliphatic carbocycles. The van der Waals surface area contributed by atoms with E-state index in [-0.39, 0.29) is 6.10 Å². The average Bonchev–Trinajstić information content (AvgIpc) is 3.05. The highest BCUT2D eigenvalue weighted by molar-refractivity contribution is 5.47. The highest BCUT2D eigenvalue weighted by atomic mass is 16.8. The second-order valence-electron chi connectivity index (χ2n) is 7.25. The van der Waals surface area contributed by atoms with Crippen LogP contribution in [0.25, 0.3) is 6.08 Å². The van der Waals surface area contributed by atoms with E-state index in [1.165, 1.54) is 0 Å². The van der Waals surface area contributed by atoms with Gasteiger partial charge in [0.25, 0.3) is 0 Å². The lowest BCUT2D eigenvalue weighted by Crippen LogP contribution is -2.41. The van der Waals surface area contributed by atoms with Gasteiger partial charge in [0.2, 0.25) is 0 Å². The number of rotatable bonds is 4. The van der Waals surface area contributed by atoms with Gasteiger partial charge in [-0.05, 0) is 38.8 Å². The lowest BCUT2D eigenvalue weighted by atomic mass is 9.97. The Balaban J connectivity index is 1.81. The summed E-state index contributed by atoms with van der Waals surface area (Å²) < 4.78 is 23.6. The second kappa shape index (κ2) is 6.24. The topological polar surface area (TPSA) is 57.2 Å². The summed E-state index contributed by atoms with van der Waals surface area (Å²) in [6.45, 7) is 11.6. The van der Waals surface area contributed by atoms with Crippen molar-refractivity contribution in [2.75, 3.05) is 6.61 Å². The summed E-state index contributed by atoms with van der Waals surface area (Å²) in [7, 11) is 0.